The maximum Gasteiger partial charge on any atom is 0.240 e. The molecule has 2 aromatic heterocycles. The highest BCUT2D eigenvalue weighted by Crippen LogP contribution is 2.20. The number of fused-ring (bicyclic) bond motifs is 1. The van der Waals surface area contributed by atoms with E-state index in [0.29, 0.717) is 11.4 Å². The number of benzene rings is 2. The van der Waals surface area contributed by atoms with E-state index in [9.17, 15) is 8.42 Å². The molecule has 0 unspecified atom stereocenters. The molecular weight excluding hydrogens is 420 g/mol. The second-order valence-corrected chi connectivity index (χ2v) is 9.85. The Balaban J connectivity index is 1.53. The molecule has 4 rings (SSSR count). The van der Waals surface area contributed by atoms with Gasteiger partial charge in [0.1, 0.15) is 11.3 Å². The van der Waals surface area contributed by atoms with E-state index in [4.69, 9.17) is 4.98 Å². The first-order valence-corrected chi connectivity index (χ1v) is 12.2. The van der Waals surface area contributed by atoms with Crippen LogP contribution in [-0.2, 0) is 29.4 Å². The first-order valence-electron chi connectivity index (χ1n) is 10.8. The van der Waals surface area contributed by atoms with Crippen molar-refractivity contribution in [2.45, 2.75) is 45.1 Å². The third kappa shape index (κ3) is 4.74. The number of nitrogens with zero attached hydrogens (tertiary/aromatic N) is 3. The van der Waals surface area contributed by atoms with Gasteiger partial charge in [-0.25, -0.2) is 23.1 Å². The first-order chi connectivity index (χ1) is 15.3. The Morgan fingerprint density at radius 3 is 2.44 bits per heavy atom. The molecule has 166 valence electrons. The Labute approximate surface area is 189 Å². The largest absolute Gasteiger partial charge is 0.311 e. The minimum absolute atomic E-state index is 0.259. The highest BCUT2D eigenvalue weighted by atomic mass is 32.2. The molecule has 0 aliphatic heterocycles. The molecule has 32 heavy (non-hydrogen) atoms. The average Bonchev–Trinajstić information content (AvgIpc) is 3.13. The van der Waals surface area contributed by atoms with Gasteiger partial charge in [-0.1, -0.05) is 36.4 Å². The zero-order valence-corrected chi connectivity index (χ0v) is 19.5. The molecule has 0 radical (unpaired) electrons. The molecule has 0 saturated carbocycles. The van der Waals surface area contributed by atoms with Crippen LogP contribution in [0.25, 0.3) is 11.2 Å². The van der Waals surface area contributed by atoms with Crippen molar-refractivity contribution in [3.8, 4) is 0 Å². The monoisotopic (exact) mass is 448 g/mol. The number of rotatable bonds is 8. The van der Waals surface area contributed by atoms with Crippen LogP contribution < -0.4 is 4.72 Å². The van der Waals surface area contributed by atoms with Crippen molar-refractivity contribution in [2.24, 2.45) is 0 Å². The third-order valence-corrected chi connectivity index (χ3v) is 7.37. The Morgan fingerprint density at radius 1 is 0.906 bits per heavy atom. The van der Waals surface area contributed by atoms with Crippen LogP contribution in [0.5, 0.6) is 0 Å². The molecule has 4 aromatic rings. The van der Waals surface area contributed by atoms with E-state index >= 15 is 0 Å². The van der Waals surface area contributed by atoms with E-state index in [2.05, 4.69) is 21.8 Å². The normalized spacial score (nSPS) is 11.8. The van der Waals surface area contributed by atoms with E-state index in [1.165, 1.54) is 5.56 Å². The van der Waals surface area contributed by atoms with Gasteiger partial charge in [-0.2, -0.15) is 0 Å². The van der Waals surface area contributed by atoms with E-state index in [1.54, 1.807) is 12.3 Å². The minimum atomic E-state index is -3.61. The zero-order valence-electron chi connectivity index (χ0n) is 18.7. The molecule has 0 bridgehead atoms. The Hall–Kier alpha value is -3.03. The summed E-state index contributed by atoms with van der Waals surface area (Å²) in [6.45, 7) is 6.46. The van der Waals surface area contributed by atoms with Crippen molar-refractivity contribution in [1.82, 2.24) is 19.3 Å². The fourth-order valence-electron chi connectivity index (χ4n) is 3.93. The summed E-state index contributed by atoms with van der Waals surface area (Å²) in [4.78, 5) is 9.58. The first kappa shape index (κ1) is 22.2. The van der Waals surface area contributed by atoms with Gasteiger partial charge < -0.3 is 4.57 Å². The summed E-state index contributed by atoms with van der Waals surface area (Å²) in [5, 5.41) is 0. The van der Waals surface area contributed by atoms with Crippen molar-refractivity contribution < 1.29 is 8.42 Å². The number of imidazole rings is 1. The maximum absolute atomic E-state index is 13.0. The van der Waals surface area contributed by atoms with Crippen molar-refractivity contribution in [3.05, 3.63) is 88.9 Å². The van der Waals surface area contributed by atoms with Crippen LogP contribution in [0.4, 0.5) is 0 Å². The van der Waals surface area contributed by atoms with Crippen LogP contribution in [0.15, 0.2) is 65.7 Å². The predicted octanol–water partition coefficient (Wildman–Crippen LogP) is 4.12. The molecule has 0 fully saturated rings. The molecule has 0 saturated heterocycles. The molecule has 0 amide bonds. The Morgan fingerprint density at radius 2 is 1.66 bits per heavy atom. The minimum Gasteiger partial charge on any atom is -0.311 e. The summed E-state index contributed by atoms with van der Waals surface area (Å²) in [6.07, 6.45) is 3.35. The highest BCUT2D eigenvalue weighted by molar-refractivity contribution is 7.89. The van der Waals surface area contributed by atoms with Crippen LogP contribution in [0, 0.1) is 20.8 Å². The molecule has 6 nitrogen and oxygen atoms in total. The molecule has 2 heterocycles. The van der Waals surface area contributed by atoms with E-state index in [-0.39, 0.29) is 6.54 Å². The van der Waals surface area contributed by atoms with Gasteiger partial charge in [-0.15, -0.1) is 0 Å². The Kier molecular flexibility index (Phi) is 6.39. The third-order valence-electron chi connectivity index (χ3n) is 5.77. The molecule has 1 N–H and O–H groups in total. The summed E-state index contributed by atoms with van der Waals surface area (Å²) in [5.74, 6) is 0.907. The number of aromatic nitrogens is 3. The lowest BCUT2D eigenvalue weighted by Gasteiger charge is -2.13. The number of hydrogen-bond donors (Lipinski definition) is 1. The molecule has 2 aromatic carbocycles. The van der Waals surface area contributed by atoms with Crippen LogP contribution in [0.2, 0.25) is 0 Å². The summed E-state index contributed by atoms with van der Waals surface area (Å²) in [7, 11) is -3.61. The van der Waals surface area contributed by atoms with Gasteiger partial charge in [0.15, 0.2) is 5.65 Å². The molecule has 0 spiro atoms. The standard InChI is InChI=1S/C25H28N4O2S/c1-18-16-20(3)23(17-19(18)2)32(30,31)27-14-15-29-24(12-11-21-8-5-4-6-9-21)28-22-10-7-13-26-25(22)29/h4-10,13,16-17,27H,11-12,14-15H2,1-3H3. The SMILES string of the molecule is Cc1cc(C)c(S(=O)(=O)NCCn2c(CCc3ccccc3)nc3cccnc32)cc1C. The van der Waals surface area contributed by atoms with E-state index in [0.717, 1.165) is 46.5 Å². The van der Waals surface area contributed by atoms with Gasteiger partial charge in [0.2, 0.25) is 10.0 Å². The van der Waals surface area contributed by atoms with Gasteiger partial charge in [0.05, 0.1) is 4.90 Å². The van der Waals surface area contributed by atoms with Gasteiger partial charge in [-0.3, -0.25) is 0 Å². The zero-order chi connectivity index (χ0) is 22.7. The number of hydrogen-bond acceptors (Lipinski definition) is 4. The fourth-order valence-corrected chi connectivity index (χ4v) is 5.26. The second kappa shape index (κ2) is 9.22. The molecule has 0 aliphatic carbocycles. The van der Waals surface area contributed by atoms with Gasteiger partial charge in [-0.05, 0) is 67.6 Å². The average molecular weight is 449 g/mol. The Bertz CT molecular complexity index is 1350. The van der Waals surface area contributed by atoms with Crippen molar-refractivity contribution >= 4 is 21.2 Å². The van der Waals surface area contributed by atoms with Crippen LogP contribution in [0.3, 0.4) is 0 Å². The quantitative estimate of drug-likeness (QED) is 0.440. The lowest BCUT2D eigenvalue weighted by atomic mass is 10.1. The number of pyridine rings is 1. The van der Waals surface area contributed by atoms with Gasteiger partial charge in [0.25, 0.3) is 0 Å². The van der Waals surface area contributed by atoms with Crippen molar-refractivity contribution in [1.29, 1.82) is 0 Å². The molecular formula is C25H28N4O2S. The lowest BCUT2D eigenvalue weighted by molar-refractivity contribution is 0.569. The fraction of sp³-hybridized carbons (Fsp3) is 0.280. The van der Waals surface area contributed by atoms with Crippen LogP contribution in [0.1, 0.15) is 28.1 Å². The van der Waals surface area contributed by atoms with E-state index < -0.39 is 10.0 Å². The highest BCUT2D eigenvalue weighted by Gasteiger charge is 2.18. The maximum atomic E-state index is 13.0. The molecule has 7 heteroatoms. The number of nitrogens with one attached hydrogen (secondary N) is 1. The summed E-state index contributed by atoms with van der Waals surface area (Å²) < 4.78 is 30.7. The van der Waals surface area contributed by atoms with Crippen molar-refractivity contribution in [2.75, 3.05) is 6.54 Å². The molecule has 0 atom stereocenters. The number of sulfonamides is 1. The van der Waals surface area contributed by atoms with E-state index in [1.807, 2.05) is 61.7 Å². The van der Waals surface area contributed by atoms with Crippen LogP contribution >= 0.6 is 0 Å². The summed E-state index contributed by atoms with van der Waals surface area (Å²) in [5.41, 5.74) is 5.63. The smallest absolute Gasteiger partial charge is 0.240 e. The second-order valence-electron chi connectivity index (χ2n) is 8.11. The topological polar surface area (TPSA) is 76.9 Å². The van der Waals surface area contributed by atoms with Gasteiger partial charge >= 0.3 is 0 Å². The van der Waals surface area contributed by atoms with Crippen LogP contribution in [-0.4, -0.2) is 29.5 Å². The lowest BCUT2D eigenvalue weighted by Crippen LogP contribution is -2.28. The summed E-state index contributed by atoms with van der Waals surface area (Å²) in [6, 6.07) is 17.7. The molecule has 0 aliphatic rings. The van der Waals surface area contributed by atoms with Gasteiger partial charge in [0, 0.05) is 25.7 Å². The van der Waals surface area contributed by atoms with Crippen molar-refractivity contribution in [3.63, 3.8) is 0 Å². The summed E-state index contributed by atoms with van der Waals surface area (Å²) >= 11 is 0. The number of aryl methyl sites for hydroxylation is 5. The predicted molar refractivity (Wildman–Crippen MR) is 127 cm³/mol.